The third-order valence-corrected chi connectivity index (χ3v) is 4.01. The molecule has 0 saturated carbocycles. The number of nitrogens with zero attached hydrogens (tertiary/aromatic N) is 4. The molecule has 0 saturated heterocycles. The van der Waals surface area contributed by atoms with Crippen LogP contribution in [0.15, 0.2) is 48.8 Å². The molecule has 0 aliphatic rings. The molecule has 0 unspecified atom stereocenters. The van der Waals surface area contributed by atoms with Gasteiger partial charge in [-0.2, -0.15) is 5.10 Å². The molecule has 0 amide bonds. The van der Waals surface area contributed by atoms with Gasteiger partial charge in [0.15, 0.2) is 0 Å². The van der Waals surface area contributed by atoms with Gasteiger partial charge in [0.1, 0.15) is 11.4 Å². The molecule has 0 aliphatic carbocycles. The Labute approximate surface area is 153 Å². The van der Waals surface area contributed by atoms with E-state index in [-0.39, 0.29) is 5.69 Å². The average molecular weight is 344 g/mol. The number of pyridine rings is 1. The van der Waals surface area contributed by atoms with Crippen molar-refractivity contribution in [1.82, 2.24) is 14.8 Å². The van der Waals surface area contributed by atoms with E-state index in [0.717, 1.165) is 0 Å². The van der Waals surface area contributed by atoms with E-state index >= 15 is 0 Å². The number of methoxy groups -OCH3 is 1. The van der Waals surface area contributed by atoms with Gasteiger partial charge in [-0.3, -0.25) is 14.8 Å². The second kappa shape index (κ2) is 6.67. The van der Waals surface area contributed by atoms with Crippen LogP contribution in [0.3, 0.4) is 0 Å². The molecule has 0 bridgehead atoms. The molecule has 0 fully saturated rings. The third-order valence-electron chi connectivity index (χ3n) is 4.01. The van der Waals surface area contributed by atoms with Crippen LogP contribution in [0.1, 0.15) is 11.3 Å². The highest BCUT2D eigenvalue weighted by Crippen LogP contribution is 2.33. The molecule has 3 aromatic rings. The zero-order valence-electron chi connectivity index (χ0n) is 14.3. The van der Waals surface area contributed by atoms with Crippen LogP contribution >= 0.6 is 0 Å². The van der Waals surface area contributed by atoms with Gasteiger partial charge in [-0.05, 0) is 22.9 Å². The van der Waals surface area contributed by atoms with Crippen molar-refractivity contribution in [3.8, 4) is 17.0 Å². The first-order chi connectivity index (χ1) is 12.3. The van der Waals surface area contributed by atoms with Gasteiger partial charge in [-0.15, -0.1) is 0 Å². The van der Waals surface area contributed by atoms with Crippen molar-refractivity contribution in [2.75, 3.05) is 7.11 Å². The minimum Gasteiger partial charge on any atom is -0.494 e. The predicted octanol–water partition coefficient (Wildman–Crippen LogP) is 1.94. The smallest absolute Gasteiger partial charge is 0.270 e. The molecule has 0 N–H and O–H groups in total. The van der Waals surface area contributed by atoms with E-state index < -0.39 is 10.1 Å². The van der Waals surface area contributed by atoms with Gasteiger partial charge in [0, 0.05) is 36.6 Å². The summed E-state index contributed by atoms with van der Waals surface area (Å²) in [7, 11) is 15.9. The maximum Gasteiger partial charge on any atom is 0.270 e. The Kier molecular flexibility index (Phi) is 4.54. The van der Waals surface area contributed by atoms with E-state index in [1.54, 1.807) is 48.4 Å². The van der Waals surface area contributed by atoms with Gasteiger partial charge >= 0.3 is 0 Å². The number of aromatic nitrogens is 3. The van der Waals surface area contributed by atoms with Crippen molar-refractivity contribution in [3.05, 3.63) is 70.2 Å². The van der Waals surface area contributed by atoms with Crippen molar-refractivity contribution in [2.45, 2.75) is 5.21 Å². The van der Waals surface area contributed by atoms with Crippen LogP contribution in [0.4, 0.5) is 5.69 Å². The molecule has 0 aliphatic heterocycles. The minimum absolute atomic E-state index is 0.0456. The number of rotatable bonds is 5. The summed E-state index contributed by atoms with van der Waals surface area (Å²) < 4.78 is 6.94. The van der Waals surface area contributed by atoms with E-state index in [4.69, 9.17) is 20.4 Å². The maximum atomic E-state index is 11.1. The number of ether oxygens (including phenoxy) is 1. The fourth-order valence-corrected chi connectivity index (χ4v) is 2.60. The van der Waals surface area contributed by atoms with E-state index in [0.29, 0.717) is 28.3 Å². The lowest BCUT2D eigenvalue weighted by atomic mass is 9.50. The highest BCUT2D eigenvalue weighted by atomic mass is 16.6. The summed E-state index contributed by atoms with van der Waals surface area (Å²) >= 11 is 0. The molecule has 7 nitrogen and oxygen atoms in total. The molecule has 1 aromatic carbocycles. The summed E-state index contributed by atoms with van der Waals surface area (Å²) in [6.07, 6.45) is 3.28. The Balaban J connectivity index is 2.13. The Morgan fingerprint density at radius 3 is 2.65 bits per heavy atom. The van der Waals surface area contributed by atoms with E-state index in [9.17, 15) is 10.1 Å². The molecule has 2 aromatic heterocycles. The Hall–Kier alpha value is -3.09. The zero-order valence-corrected chi connectivity index (χ0v) is 14.3. The van der Waals surface area contributed by atoms with Gasteiger partial charge in [-0.1, -0.05) is 12.1 Å². The van der Waals surface area contributed by atoms with Gasteiger partial charge in [0.25, 0.3) is 5.69 Å². The summed E-state index contributed by atoms with van der Waals surface area (Å²) in [6.45, 7) is 0. The average Bonchev–Trinajstić information content (AvgIpc) is 3.08. The molecule has 2 heterocycles. The zero-order chi connectivity index (χ0) is 18.9. The maximum absolute atomic E-state index is 11.1. The summed E-state index contributed by atoms with van der Waals surface area (Å²) in [5.41, 5.74) is 1.86. The van der Waals surface area contributed by atoms with Crippen LogP contribution in [0.2, 0.25) is 0 Å². The van der Waals surface area contributed by atoms with Gasteiger partial charge in [0.05, 0.1) is 33.9 Å². The Bertz CT molecular complexity index is 972. The highest BCUT2D eigenvalue weighted by molar-refractivity contribution is 6.42. The summed E-state index contributed by atoms with van der Waals surface area (Å²) in [6, 6.07) is 9.47. The molecule has 9 heteroatoms. The van der Waals surface area contributed by atoms with Crippen molar-refractivity contribution in [1.29, 1.82) is 0 Å². The number of aryl methyl sites for hydroxylation is 1. The number of nitro groups is 1. The molecule has 26 heavy (non-hydrogen) atoms. The highest BCUT2D eigenvalue weighted by Gasteiger charge is 2.26. The van der Waals surface area contributed by atoms with Crippen LogP contribution in [-0.2, 0) is 12.3 Å². The second-order valence-electron chi connectivity index (χ2n) is 5.83. The van der Waals surface area contributed by atoms with Crippen LogP contribution in [-0.4, -0.2) is 42.5 Å². The predicted molar refractivity (Wildman–Crippen MR) is 98.4 cm³/mol. The number of nitro benzene ring substituents is 1. The van der Waals surface area contributed by atoms with Crippen molar-refractivity contribution in [3.63, 3.8) is 0 Å². The number of hydrogen-bond donors (Lipinski definition) is 0. The quantitative estimate of drug-likeness (QED) is 0.401. The van der Waals surface area contributed by atoms with Gasteiger partial charge in [0.2, 0.25) is 0 Å². The molecular weight excluding hydrogens is 330 g/mol. The van der Waals surface area contributed by atoms with Crippen LogP contribution in [0.5, 0.6) is 5.75 Å². The molecular formula is C17H14B2N4O3. The van der Waals surface area contributed by atoms with E-state index in [2.05, 4.69) is 10.1 Å². The van der Waals surface area contributed by atoms with Crippen molar-refractivity contribution < 1.29 is 9.66 Å². The Morgan fingerprint density at radius 1 is 1.27 bits per heavy atom. The van der Waals surface area contributed by atoms with Crippen molar-refractivity contribution >= 4 is 21.4 Å². The van der Waals surface area contributed by atoms with E-state index in [1.807, 2.05) is 0 Å². The molecule has 3 rings (SSSR count). The topological polar surface area (TPSA) is 83.1 Å². The fourth-order valence-electron chi connectivity index (χ4n) is 2.60. The standard InChI is InChI=1S/C17H14B2N4O3/c1-22-10-12(9-20-22)17(18,19)15-7-6-14(26-2)16(21-15)11-4-3-5-13(8-11)23(24)25/h3-10H,1-2H3. The normalized spacial score (nSPS) is 11.3. The van der Waals surface area contributed by atoms with Crippen LogP contribution in [0.25, 0.3) is 11.3 Å². The monoisotopic (exact) mass is 344 g/mol. The Morgan fingerprint density at radius 2 is 2.04 bits per heavy atom. The van der Waals surface area contributed by atoms with Crippen LogP contribution in [0, 0.1) is 10.1 Å². The fraction of sp³-hybridized carbons (Fsp3) is 0.176. The number of benzene rings is 1. The van der Waals surface area contributed by atoms with Crippen molar-refractivity contribution in [2.24, 2.45) is 7.05 Å². The molecule has 0 spiro atoms. The molecule has 126 valence electrons. The minimum atomic E-state index is -1.38. The largest absolute Gasteiger partial charge is 0.494 e. The number of non-ortho nitro benzene ring substituents is 1. The molecule has 0 atom stereocenters. The van der Waals surface area contributed by atoms with Gasteiger partial charge in [-0.25, -0.2) is 4.98 Å². The first kappa shape index (κ1) is 17.7. The summed E-state index contributed by atoms with van der Waals surface area (Å²) in [4.78, 5) is 15.1. The summed E-state index contributed by atoms with van der Waals surface area (Å²) in [5.74, 6) is 0.455. The number of hydrogen-bond acceptors (Lipinski definition) is 5. The first-order valence-electron chi connectivity index (χ1n) is 7.70. The molecule has 4 radical (unpaired) electrons. The lowest BCUT2D eigenvalue weighted by Crippen LogP contribution is -2.29. The SMILES string of the molecule is [B]C([B])(c1cnn(C)c1)c1ccc(OC)c(-c2cccc([N+](=O)[O-])c2)n1. The summed E-state index contributed by atoms with van der Waals surface area (Å²) in [5, 5.41) is 13.8. The van der Waals surface area contributed by atoms with E-state index in [1.165, 1.54) is 19.2 Å². The lowest BCUT2D eigenvalue weighted by Gasteiger charge is -2.25. The lowest BCUT2D eigenvalue weighted by molar-refractivity contribution is -0.384. The third kappa shape index (κ3) is 3.20. The first-order valence-corrected chi connectivity index (χ1v) is 7.70. The second-order valence-corrected chi connectivity index (χ2v) is 5.83. The van der Waals surface area contributed by atoms with Crippen LogP contribution < -0.4 is 4.74 Å². The van der Waals surface area contributed by atoms with Gasteiger partial charge < -0.3 is 4.74 Å².